The number of fused-ring (bicyclic) bond motifs is 2. The number of ether oxygens (including phenoxy) is 2. The summed E-state index contributed by atoms with van der Waals surface area (Å²) in [6.45, 7) is 1.06. The topological polar surface area (TPSA) is 47.6 Å². The Morgan fingerprint density at radius 3 is 2.68 bits per heavy atom. The van der Waals surface area contributed by atoms with Crippen LogP contribution in [0.5, 0.6) is 11.5 Å². The summed E-state index contributed by atoms with van der Waals surface area (Å²) in [5.41, 5.74) is 3.72. The fraction of sp³-hybridized carbons (Fsp3) is 0.167. The van der Waals surface area contributed by atoms with Crippen molar-refractivity contribution in [1.82, 2.24) is 5.32 Å². The fourth-order valence-electron chi connectivity index (χ4n) is 2.81. The van der Waals surface area contributed by atoms with Gasteiger partial charge in [-0.15, -0.1) is 0 Å². The van der Waals surface area contributed by atoms with E-state index < -0.39 is 0 Å². The second-order valence-corrected chi connectivity index (χ2v) is 5.33. The smallest absolute Gasteiger partial charge is 0.231 e. The van der Waals surface area contributed by atoms with Gasteiger partial charge in [-0.3, -0.25) is 4.79 Å². The number of nitrogens with one attached hydrogen (secondary N) is 1. The molecule has 0 saturated carbocycles. The molecule has 2 heterocycles. The van der Waals surface area contributed by atoms with E-state index in [1.165, 1.54) is 5.56 Å². The van der Waals surface area contributed by atoms with Gasteiger partial charge in [0.25, 0.3) is 0 Å². The van der Waals surface area contributed by atoms with Crippen LogP contribution >= 0.6 is 0 Å². The van der Waals surface area contributed by atoms with Crippen LogP contribution in [0.1, 0.15) is 21.5 Å². The van der Waals surface area contributed by atoms with Gasteiger partial charge < -0.3 is 14.8 Å². The molecule has 0 fully saturated rings. The highest BCUT2D eigenvalue weighted by Gasteiger charge is 2.22. The van der Waals surface area contributed by atoms with Crippen LogP contribution in [0.15, 0.2) is 48.5 Å². The van der Waals surface area contributed by atoms with Gasteiger partial charge in [-0.1, -0.05) is 30.3 Å². The lowest BCUT2D eigenvalue weighted by Gasteiger charge is -2.21. The molecular formula is C18H15NO3. The zero-order valence-electron chi connectivity index (χ0n) is 12.0. The van der Waals surface area contributed by atoms with E-state index in [0.29, 0.717) is 5.56 Å². The molecule has 0 saturated heterocycles. The van der Waals surface area contributed by atoms with Crippen molar-refractivity contribution in [3.63, 3.8) is 0 Å². The summed E-state index contributed by atoms with van der Waals surface area (Å²) in [6.07, 6.45) is 2.57. The maximum atomic E-state index is 12.4. The van der Waals surface area contributed by atoms with Gasteiger partial charge in [0.2, 0.25) is 6.79 Å². The van der Waals surface area contributed by atoms with E-state index in [9.17, 15) is 4.79 Å². The van der Waals surface area contributed by atoms with Crippen molar-refractivity contribution >= 4 is 11.5 Å². The lowest BCUT2D eigenvalue weighted by molar-refractivity contribution is 0.104. The molecule has 1 N–H and O–H groups in total. The van der Waals surface area contributed by atoms with E-state index in [1.807, 2.05) is 42.5 Å². The van der Waals surface area contributed by atoms with Crippen LogP contribution in [0.2, 0.25) is 0 Å². The first-order valence-corrected chi connectivity index (χ1v) is 7.29. The zero-order valence-corrected chi connectivity index (χ0v) is 12.0. The highest BCUT2D eigenvalue weighted by molar-refractivity contribution is 6.08. The molecule has 0 aliphatic carbocycles. The molecular weight excluding hydrogens is 278 g/mol. The van der Waals surface area contributed by atoms with E-state index in [4.69, 9.17) is 9.47 Å². The fourth-order valence-corrected chi connectivity index (χ4v) is 2.81. The minimum atomic E-state index is -0.00591. The summed E-state index contributed by atoms with van der Waals surface area (Å²) >= 11 is 0. The SMILES string of the molecule is O=C(/C=C1\NCCc2cc3c(cc21)OCO3)c1ccccc1. The number of allylic oxidation sites excluding steroid dienone is 1. The van der Waals surface area contributed by atoms with Crippen LogP contribution in [0, 0.1) is 0 Å². The standard InChI is InChI=1S/C18H15NO3/c20-16(12-4-2-1-3-5-12)10-15-14-9-18-17(21-11-22-18)8-13(14)6-7-19-15/h1-5,8-10,19H,6-7,11H2/b15-10-. The van der Waals surface area contributed by atoms with Gasteiger partial charge in [0.05, 0.1) is 0 Å². The molecule has 2 aliphatic rings. The molecule has 0 unspecified atom stereocenters. The van der Waals surface area contributed by atoms with Crippen molar-refractivity contribution in [2.24, 2.45) is 0 Å². The molecule has 0 aromatic heterocycles. The zero-order chi connectivity index (χ0) is 14.9. The average Bonchev–Trinajstić information content (AvgIpc) is 3.01. The molecule has 0 amide bonds. The molecule has 2 aromatic carbocycles. The number of carbonyl (C=O) groups is 1. The number of ketones is 1. The Morgan fingerprint density at radius 2 is 1.86 bits per heavy atom. The van der Waals surface area contributed by atoms with Gasteiger partial charge in [-0.25, -0.2) is 0 Å². The second-order valence-electron chi connectivity index (χ2n) is 5.33. The number of carbonyl (C=O) groups excluding carboxylic acids is 1. The summed E-state index contributed by atoms with van der Waals surface area (Å²) < 4.78 is 10.9. The van der Waals surface area contributed by atoms with Gasteiger partial charge in [0.1, 0.15) is 0 Å². The van der Waals surface area contributed by atoms with Crippen molar-refractivity contribution in [1.29, 1.82) is 0 Å². The quantitative estimate of drug-likeness (QED) is 0.683. The first-order chi connectivity index (χ1) is 10.8. The average molecular weight is 293 g/mol. The van der Waals surface area contributed by atoms with Crippen molar-refractivity contribution in [2.45, 2.75) is 6.42 Å². The summed E-state index contributed by atoms with van der Waals surface area (Å²) in [5.74, 6) is 1.52. The van der Waals surface area contributed by atoms with Crippen LogP contribution in [-0.4, -0.2) is 19.1 Å². The third kappa shape index (κ3) is 2.22. The Balaban J connectivity index is 1.73. The summed E-state index contributed by atoms with van der Waals surface area (Å²) in [7, 11) is 0. The number of benzene rings is 2. The Morgan fingerprint density at radius 1 is 1.09 bits per heavy atom. The third-order valence-corrected chi connectivity index (χ3v) is 3.93. The molecule has 0 bridgehead atoms. The molecule has 0 atom stereocenters. The van der Waals surface area contributed by atoms with Crippen molar-refractivity contribution < 1.29 is 14.3 Å². The predicted octanol–water partition coefficient (Wildman–Crippen LogP) is 2.78. The van der Waals surface area contributed by atoms with Crippen molar-refractivity contribution in [3.8, 4) is 11.5 Å². The summed E-state index contributed by atoms with van der Waals surface area (Å²) in [6, 6.07) is 13.2. The molecule has 4 heteroatoms. The van der Waals surface area contributed by atoms with E-state index in [2.05, 4.69) is 5.32 Å². The van der Waals surface area contributed by atoms with Crippen LogP contribution in [0.4, 0.5) is 0 Å². The van der Waals surface area contributed by atoms with Crippen molar-refractivity contribution in [2.75, 3.05) is 13.3 Å². The summed E-state index contributed by atoms with van der Waals surface area (Å²) in [4.78, 5) is 12.4. The first-order valence-electron chi connectivity index (χ1n) is 7.29. The molecule has 4 nitrogen and oxygen atoms in total. The monoisotopic (exact) mass is 293 g/mol. The largest absolute Gasteiger partial charge is 0.454 e. The minimum Gasteiger partial charge on any atom is -0.454 e. The van der Waals surface area contributed by atoms with Gasteiger partial charge >= 0.3 is 0 Å². The Labute approximate surface area is 128 Å². The van der Waals surface area contributed by atoms with Gasteiger partial charge in [-0.05, 0) is 24.1 Å². The van der Waals surface area contributed by atoms with Crippen LogP contribution in [-0.2, 0) is 6.42 Å². The van der Waals surface area contributed by atoms with Gasteiger partial charge in [0.15, 0.2) is 17.3 Å². The number of hydrogen-bond donors (Lipinski definition) is 1. The van der Waals surface area contributed by atoms with Crippen LogP contribution in [0.3, 0.4) is 0 Å². The van der Waals surface area contributed by atoms with E-state index in [0.717, 1.165) is 35.7 Å². The lowest BCUT2D eigenvalue weighted by Crippen LogP contribution is -2.23. The number of rotatable bonds is 2. The van der Waals surface area contributed by atoms with Gasteiger partial charge in [-0.2, -0.15) is 0 Å². The first kappa shape index (κ1) is 13.0. The van der Waals surface area contributed by atoms with Gasteiger partial charge in [0, 0.05) is 29.4 Å². The molecule has 110 valence electrons. The summed E-state index contributed by atoms with van der Waals surface area (Å²) in [5, 5.41) is 3.31. The minimum absolute atomic E-state index is 0.00591. The van der Waals surface area contributed by atoms with E-state index in [-0.39, 0.29) is 12.6 Å². The molecule has 0 radical (unpaired) electrons. The molecule has 2 aliphatic heterocycles. The highest BCUT2D eigenvalue weighted by atomic mass is 16.7. The van der Waals surface area contributed by atoms with Crippen LogP contribution in [0.25, 0.3) is 5.70 Å². The number of hydrogen-bond acceptors (Lipinski definition) is 4. The third-order valence-electron chi connectivity index (χ3n) is 3.93. The molecule has 0 spiro atoms. The normalized spacial score (nSPS) is 17.0. The van der Waals surface area contributed by atoms with E-state index >= 15 is 0 Å². The maximum absolute atomic E-state index is 12.4. The molecule has 4 rings (SSSR count). The van der Waals surface area contributed by atoms with Crippen molar-refractivity contribution in [3.05, 3.63) is 65.2 Å². The van der Waals surface area contributed by atoms with Crippen LogP contribution < -0.4 is 14.8 Å². The maximum Gasteiger partial charge on any atom is 0.231 e. The lowest BCUT2D eigenvalue weighted by atomic mass is 9.96. The molecule has 22 heavy (non-hydrogen) atoms. The predicted molar refractivity (Wildman–Crippen MR) is 83.0 cm³/mol. The highest BCUT2D eigenvalue weighted by Crippen LogP contribution is 2.38. The molecule has 2 aromatic rings. The second kappa shape index (κ2) is 5.22. The Hall–Kier alpha value is -2.75. The Bertz CT molecular complexity index is 765. The van der Waals surface area contributed by atoms with E-state index in [1.54, 1.807) is 6.08 Å². The Kier molecular flexibility index (Phi) is 3.07.